The quantitative estimate of drug-likeness (QED) is 0.621. The van der Waals surface area contributed by atoms with Crippen molar-refractivity contribution in [2.75, 3.05) is 0 Å². The molecule has 0 aliphatic rings. The summed E-state index contributed by atoms with van der Waals surface area (Å²) in [6.07, 6.45) is -0.962. The fraction of sp³-hybridized carbons (Fsp3) is 0.250. The lowest BCUT2D eigenvalue weighted by Crippen LogP contribution is -1.86. The van der Waals surface area contributed by atoms with Gasteiger partial charge < -0.3 is 0 Å². The first-order chi connectivity index (χ1) is 5.11. The summed E-state index contributed by atoms with van der Waals surface area (Å²) in [4.78, 5) is 1.46. The van der Waals surface area contributed by atoms with Crippen molar-refractivity contribution in [1.29, 1.82) is 0 Å². The van der Waals surface area contributed by atoms with Gasteiger partial charge in [0.15, 0.2) is 0 Å². The maximum Gasteiger partial charge on any atom is 0.123 e. The van der Waals surface area contributed by atoms with E-state index < -0.39 is 6.17 Å². The number of benzene rings is 1. The van der Waals surface area contributed by atoms with Crippen LogP contribution < -0.4 is 0 Å². The molecule has 0 aliphatic carbocycles. The van der Waals surface area contributed by atoms with E-state index in [1.807, 2.05) is 0 Å². The molecule has 1 aromatic rings. The van der Waals surface area contributed by atoms with E-state index in [0.717, 1.165) is 4.90 Å². The normalized spacial score (nSPS) is 13.1. The minimum absolute atomic E-state index is 0.617. The van der Waals surface area contributed by atoms with Gasteiger partial charge in [-0.3, -0.25) is 0 Å². The first kappa shape index (κ1) is 8.94. The molecule has 0 saturated heterocycles. The topological polar surface area (TPSA) is 0 Å². The molecular formula is C8H9FS2. The van der Waals surface area contributed by atoms with E-state index in [-0.39, 0.29) is 0 Å². The van der Waals surface area contributed by atoms with Gasteiger partial charge in [0.2, 0.25) is 0 Å². The number of halogens is 1. The van der Waals surface area contributed by atoms with Crippen LogP contribution in [0.3, 0.4) is 0 Å². The van der Waals surface area contributed by atoms with Crippen molar-refractivity contribution >= 4 is 25.3 Å². The largest absolute Gasteiger partial charge is 0.243 e. The van der Waals surface area contributed by atoms with Gasteiger partial charge in [0.1, 0.15) is 6.17 Å². The summed E-state index contributed by atoms with van der Waals surface area (Å²) in [5, 5.41) is 0. The van der Waals surface area contributed by atoms with Gasteiger partial charge in [-0.05, 0) is 24.6 Å². The maximum atomic E-state index is 12.8. The van der Waals surface area contributed by atoms with Crippen LogP contribution in [0.25, 0.3) is 0 Å². The van der Waals surface area contributed by atoms with E-state index in [0.29, 0.717) is 10.5 Å². The summed E-state index contributed by atoms with van der Waals surface area (Å²) < 4.78 is 12.8. The highest BCUT2D eigenvalue weighted by Crippen LogP contribution is 2.25. The van der Waals surface area contributed by atoms with Crippen LogP contribution in [0.2, 0.25) is 0 Å². The van der Waals surface area contributed by atoms with Crippen LogP contribution in [0.4, 0.5) is 4.39 Å². The predicted octanol–water partition coefficient (Wildman–Crippen LogP) is 3.29. The summed E-state index contributed by atoms with van der Waals surface area (Å²) in [6, 6.07) is 5.20. The lowest BCUT2D eigenvalue weighted by atomic mass is 10.1. The van der Waals surface area contributed by atoms with Crippen molar-refractivity contribution in [2.45, 2.75) is 22.9 Å². The predicted molar refractivity (Wildman–Crippen MR) is 50.5 cm³/mol. The molecule has 0 aromatic heterocycles. The lowest BCUT2D eigenvalue weighted by molar-refractivity contribution is 0.369. The molecule has 0 amide bonds. The highest BCUT2D eigenvalue weighted by molar-refractivity contribution is 7.81. The molecule has 0 spiro atoms. The Balaban J connectivity index is 3.09. The average Bonchev–Trinajstić information content (AvgIpc) is 1.85. The van der Waals surface area contributed by atoms with E-state index in [2.05, 4.69) is 25.3 Å². The molecule has 0 bridgehead atoms. The maximum absolute atomic E-state index is 12.8. The Morgan fingerprint density at radius 1 is 1.36 bits per heavy atom. The van der Waals surface area contributed by atoms with Gasteiger partial charge >= 0.3 is 0 Å². The van der Waals surface area contributed by atoms with Crippen molar-refractivity contribution in [2.24, 2.45) is 0 Å². The highest BCUT2D eigenvalue weighted by Gasteiger charge is 2.05. The third-order valence-corrected chi connectivity index (χ3v) is 2.11. The van der Waals surface area contributed by atoms with Gasteiger partial charge in [-0.1, -0.05) is 6.07 Å². The number of alkyl halides is 1. The van der Waals surface area contributed by atoms with Crippen molar-refractivity contribution in [3.8, 4) is 0 Å². The number of rotatable bonds is 1. The van der Waals surface area contributed by atoms with E-state index >= 15 is 0 Å². The molecule has 60 valence electrons. The summed E-state index contributed by atoms with van der Waals surface area (Å²) in [5.74, 6) is 0. The van der Waals surface area contributed by atoms with Crippen LogP contribution in [0.5, 0.6) is 0 Å². The second-order valence-electron chi connectivity index (χ2n) is 2.36. The van der Waals surface area contributed by atoms with Gasteiger partial charge in [-0.15, -0.1) is 25.3 Å². The number of hydrogen-bond donors (Lipinski definition) is 2. The van der Waals surface area contributed by atoms with Gasteiger partial charge in [0.05, 0.1) is 0 Å². The van der Waals surface area contributed by atoms with Crippen molar-refractivity contribution < 1.29 is 4.39 Å². The lowest BCUT2D eigenvalue weighted by Gasteiger charge is -2.05. The summed E-state index contributed by atoms with van der Waals surface area (Å²) >= 11 is 8.22. The molecule has 0 N–H and O–H groups in total. The Morgan fingerprint density at radius 3 is 2.45 bits per heavy atom. The summed E-state index contributed by atoms with van der Waals surface area (Å²) in [6.45, 7) is 1.49. The van der Waals surface area contributed by atoms with Crippen molar-refractivity contribution in [3.05, 3.63) is 23.8 Å². The van der Waals surface area contributed by atoms with Gasteiger partial charge in [0, 0.05) is 9.79 Å². The Kier molecular flexibility index (Phi) is 2.84. The third kappa shape index (κ3) is 2.14. The van der Waals surface area contributed by atoms with E-state index in [4.69, 9.17) is 0 Å². The minimum Gasteiger partial charge on any atom is -0.243 e. The minimum atomic E-state index is -0.962. The molecule has 0 fully saturated rings. The zero-order valence-corrected chi connectivity index (χ0v) is 7.87. The molecule has 0 heterocycles. The molecule has 0 nitrogen and oxygen atoms in total. The molecule has 0 saturated carbocycles. The molecule has 3 heteroatoms. The molecule has 1 unspecified atom stereocenters. The van der Waals surface area contributed by atoms with Crippen LogP contribution in [-0.4, -0.2) is 0 Å². The molecule has 0 aliphatic heterocycles. The van der Waals surface area contributed by atoms with Crippen LogP contribution in [0, 0.1) is 0 Å². The molecular weight excluding hydrogens is 179 g/mol. The standard InChI is InChI=1S/C8H9FS2/c1-5(9)7-3-2-6(10)4-8(7)11/h2-5,10-11H,1H3. The van der Waals surface area contributed by atoms with Crippen LogP contribution >= 0.6 is 25.3 Å². The fourth-order valence-corrected chi connectivity index (χ4v) is 1.57. The molecule has 0 radical (unpaired) electrons. The smallest absolute Gasteiger partial charge is 0.123 e. The van der Waals surface area contributed by atoms with Gasteiger partial charge in [-0.25, -0.2) is 4.39 Å². The van der Waals surface area contributed by atoms with Crippen LogP contribution in [0.1, 0.15) is 18.7 Å². The van der Waals surface area contributed by atoms with Crippen LogP contribution in [0.15, 0.2) is 28.0 Å². The third-order valence-electron chi connectivity index (χ3n) is 1.44. The van der Waals surface area contributed by atoms with Crippen LogP contribution in [-0.2, 0) is 0 Å². The van der Waals surface area contributed by atoms with E-state index in [1.165, 1.54) is 6.92 Å². The molecule has 1 aromatic carbocycles. The fourth-order valence-electron chi connectivity index (χ4n) is 0.868. The summed E-state index contributed by atoms with van der Waals surface area (Å²) in [5.41, 5.74) is 0.617. The van der Waals surface area contributed by atoms with Gasteiger partial charge in [0.25, 0.3) is 0 Å². The number of thiol groups is 2. The van der Waals surface area contributed by atoms with Crippen molar-refractivity contribution in [3.63, 3.8) is 0 Å². The Bertz CT molecular complexity index is 258. The molecule has 11 heavy (non-hydrogen) atoms. The first-order valence-corrected chi connectivity index (χ1v) is 4.16. The SMILES string of the molecule is CC(F)c1ccc(S)cc1S. The number of hydrogen-bond acceptors (Lipinski definition) is 2. The highest BCUT2D eigenvalue weighted by atomic mass is 32.1. The van der Waals surface area contributed by atoms with E-state index in [1.54, 1.807) is 18.2 Å². The zero-order valence-electron chi connectivity index (χ0n) is 6.08. The molecule has 1 rings (SSSR count). The Labute approximate surface area is 76.6 Å². The van der Waals surface area contributed by atoms with Gasteiger partial charge in [-0.2, -0.15) is 0 Å². The first-order valence-electron chi connectivity index (χ1n) is 3.27. The Morgan fingerprint density at radius 2 is 2.00 bits per heavy atom. The summed E-state index contributed by atoms with van der Waals surface area (Å²) in [7, 11) is 0. The average molecular weight is 188 g/mol. The zero-order chi connectivity index (χ0) is 8.43. The Hall–Kier alpha value is -0.150. The molecule has 1 atom stereocenters. The van der Waals surface area contributed by atoms with Crippen molar-refractivity contribution in [1.82, 2.24) is 0 Å². The monoisotopic (exact) mass is 188 g/mol. The van der Waals surface area contributed by atoms with E-state index in [9.17, 15) is 4.39 Å². The second-order valence-corrected chi connectivity index (χ2v) is 3.36. The second kappa shape index (κ2) is 3.50.